The van der Waals surface area contributed by atoms with Crippen LogP contribution in [0.5, 0.6) is 0 Å². The zero-order valence-corrected chi connectivity index (χ0v) is 22.3. The predicted octanol–water partition coefficient (Wildman–Crippen LogP) is 2.37. The predicted molar refractivity (Wildman–Crippen MR) is 128 cm³/mol. The van der Waals surface area contributed by atoms with Gasteiger partial charge in [-0.15, -0.1) is 0 Å². The van der Waals surface area contributed by atoms with Crippen molar-refractivity contribution < 1.29 is 48.0 Å². The number of fused-ring (bicyclic) bond motifs is 1. The molecule has 0 radical (unpaired) electrons. The summed E-state index contributed by atoms with van der Waals surface area (Å²) in [7, 11) is 0. The molecule has 4 fully saturated rings. The lowest BCUT2D eigenvalue weighted by Gasteiger charge is -2.71. The second-order valence-corrected chi connectivity index (χ2v) is 12.7. The van der Waals surface area contributed by atoms with E-state index in [1.54, 1.807) is 32.9 Å². The normalized spacial score (nSPS) is 50.3. The van der Waals surface area contributed by atoms with Crippen LogP contribution in [0.2, 0.25) is 0 Å². The molecule has 2 saturated heterocycles. The van der Waals surface area contributed by atoms with Gasteiger partial charge in [0.2, 0.25) is 0 Å². The SMILES string of the molecule is CC(=O)OC1CC2(C=CC(=O)OC2(C)C)C(C)(O)C2C(O)CC3(C)C(c4ccoc4)OC(=O)C4OC43C12C. The van der Waals surface area contributed by atoms with Gasteiger partial charge in [-0.2, -0.15) is 0 Å². The smallest absolute Gasteiger partial charge is 0.339 e. The number of rotatable bonds is 2. The molecule has 4 heterocycles. The number of esters is 3. The maximum absolute atomic E-state index is 13.3. The van der Waals surface area contributed by atoms with E-state index in [1.165, 1.54) is 25.5 Å². The van der Waals surface area contributed by atoms with Crippen molar-refractivity contribution in [2.24, 2.45) is 22.2 Å². The third kappa shape index (κ3) is 2.66. The molecule has 0 amide bonds. The molecule has 6 rings (SSSR count). The average Bonchev–Trinajstić information content (AvgIpc) is 3.36. The van der Waals surface area contributed by atoms with Crippen molar-refractivity contribution in [1.29, 1.82) is 0 Å². The Morgan fingerprint density at radius 1 is 1.11 bits per heavy atom. The van der Waals surface area contributed by atoms with E-state index in [0.29, 0.717) is 5.56 Å². The molecule has 2 saturated carbocycles. The minimum atomic E-state index is -1.68. The van der Waals surface area contributed by atoms with Crippen LogP contribution in [0.4, 0.5) is 0 Å². The van der Waals surface area contributed by atoms with Crippen molar-refractivity contribution in [1.82, 2.24) is 0 Å². The van der Waals surface area contributed by atoms with Gasteiger partial charge in [-0.05, 0) is 33.3 Å². The van der Waals surface area contributed by atoms with Crippen molar-refractivity contribution in [2.75, 3.05) is 0 Å². The third-order valence-electron chi connectivity index (χ3n) is 10.7. The van der Waals surface area contributed by atoms with E-state index >= 15 is 0 Å². The Hall–Kier alpha value is -2.69. The minimum absolute atomic E-state index is 0.0649. The lowest BCUT2D eigenvalue weighted by Crippen LogP contribution is -2.80. The molecule has 10 atom stereocenters. The van der Waals surface area contributed by atoms with E-state index in [0.717, 1.165) is 0 Å². The lowest BCUT2D eigenvalue weighted by molar-refractivity contribution is -0.325. The van der Waals surface area contributed by atoms with Crippen LogP contribution in [-0.4, -0.2) is 63.2 Å². The van der Waals surface area contributed by atoms with Gasteiger partial charge in [-0.25, -0.2) is 9.59 Å². The Morgan fingerprint density at radius 3 is 2.42 bits per heavy atom. The summed E-state index contributed by atoms with van der Waals surface area (Å²) in [5.41, 5.74) is -6.93. The number of hydrogen-bond donors (Lipinski definition) is 2. The van der Waals surface area contributed by atoms with Crippen LogP contribution in [0.15, 0.2) is 35.2 Å². The van der Waals surface area contributed by atoms with Gasteiger partial charge < -0.3 is 33.6 Å². The van der Waals surface area contributed by atoms with Crippen LogP contribution in [-0.2, 0) is 33.3 Å². The van der Waals surface area contributed by atoms with Gasteiger partial charge in [0.15, 0.2) is 6.10 Å². The molecule has 2 spiro atoms. The highest BCUT2D eigenvalue weighted by atomic mass is 16.7. The van der Waals surface area contributed by atoms with Crippen molar-refractivity contribution in [3.8, 4) is 0 Å². The molecule has 10 nitrogen and oxygen atoms in total. The van der Waals surface area contributed by atoms with Crippen LogP contribution >= 0.6 is 0 Å². The second kappa shape index (κ2) is 7.28. The first kappa shape index (κ1) is 25.6. The quantitative estimate of drug-likeness (QED) is 0.332. The number of aliphatic hydroxyl groups is 2. The Bertz CT molecular complexity index is 1250. The van der Waals surface area contributed by atoms with E-state index in [2.05, 4.69) is 0 Å². The van der Waals surface area contributed by atoms with Gasteiger partial charge in [0, 0.05) is 41.7 Å². The van der Waals surface area contributed by atoms with Crippen LogP contribution in [0.25, 0.3) is 0 Å². The third-order valence-corrected chi connectivity index (χ3v) is 10.7. The molecule has 10 unspecified atom stereocenters. The first-order chi connectivity index (χ1) is 17.6. The van der Waals surface area contributed by atoms with Gasteiger partial charge in [0.1, 0.15) is 23.4 Å². The van der Waals surface area contributed by atoms with Crippen LogP contribution in [0.3, 0.4) is 0 Å². The molecular formula is C28H34O10. The number of epoxide rings is 1. The van der Waals surface area contributed by atoms with Crippen LogP contribution in [0.1, 0.15) is 66.1 Å². The molecule has 3 aliphatic heterocycles. The van der Waals surface area contributed by atoms with Gasteiger partial charge in [0.05, 0.1) is 29.6 Å². The fourth-order valence-corrected chi connectivity index (χ4v) is 9.26. The monoisotopic (exact) mass is 530 g/mol. The Labute approximate surface area is 220 Å². The molecule has 206 valence electrons. The van der Waals surface area contributed by atoms with E-state index < -0.39 is 81.3 Å². The molecule has 5 aliphatic rings. The van der Waals surface area contributed by atoms with Crippen molar-refractivity contribution >= 4 is 17.9 Å². The number of ether oxygens (including phenoxy) is 4. The Kier molecular flexibility index (Phi) is 4.90. The minimum Gasteiger partial charge on any atom is -0.472 e. The van der Waals surface area contributed by atoms with E-state index in [-0.39, 0.29) is 12.8 Å². The Morgan fingerprint density at radius 2 is 1.82 bits per heavy atom. The average molecular weight is 531 g/mol. The molecule has 38 heavy (non-hydrogen) atoms. The molecule has 2 aliphatic carbocycles. The molecule has 2 N–H and O–H groups in total. The van der Waals surface area contributed by atoms with E-state index in [4.69, 9.17) is 23.4 Å². The summed E-state index contributed by atoms with van der Waals surface area (Å²) in [6.45, 7) is 10.1. The van der Waals surface area contributed by atoms with Crippen molar-refractivity contribution in [2.45, 2.75) is 95.6 Å². The van der Waals surface area contributed by atoms with Gasteiger partial charge in [-0.1, -0.05) is 19.9 Å². The number of carbonyl (C=O) groups is 3. The van der Waals surface area contributed by atoms with Crippen molar-refractivity contribution in [3.05, 3.63) is 36.3 Å². The fourth-order valence-electron chi connectivity index (χ4n) is 9.26. The number of furan rings is 1. The summed E-state index contributed by atoms with van der Waals surface area (Å²) < 4.78 is 29.3. The summed E-state index contributed by atoms with van der Waals surface area (Å²) in [6.07, 6.45) is 2.26. The standard InChI is InChI=1S/C28H34O10/c1-14(29)35-17-12-27(9-7-18(31)37-23(27,2)3)26(6,33)19-16(30)11-24(4)20(15-8-10-34-13-15)36-22(32)21-28(24,38-21)25(17,19)5/h7-10,13,16-17,19-21,30,33H,11-12H2,1-6H3. The second-order valence-electron chi connectivity index (χ2n) is 12.7. The first-order valence-electron chi connectivity index (χ1n) is 13.0. The topological polar surface area (TPSA) is 145 Å². The molecule has 0 aromatic carbocycles. The van der Waals surface area contributed by atoms with Gasteiger partial charge in [0.25, 0.3) is 0 Å². The lowest BCUT2D eigenvalue weighted by atomic mass is 9.36. The highest BCUT2D eigenvalue weighted by Crippen LogP contribution is 2.79. The van der Waals surface area contributed by atoms with E-state index in [9.17, 15) is 24.6 Å². The number of aliphatic hydroxyl groups excluding tert-OH is 1. The summed E-state index contributed by atoms with van der Waals surface area (Å²) >= 11 is 0. The first-order valence-corrected chi connectivity index (χ1v) is 13.0. The number of hydrogen-bond acceptors (Lipinski definition) is 10. The number of cyclic esters (lactones) is 2. The van der Waals surface area contributed by atoms with Crippen LogP contribution in [0, 0.1) is 22.2 Å². The summed E-state index contributed by atoms with van der Waals surface area (Å²) in [5.74, 6) is -2.60. The summed E-state index contributed by atoms with van der Waals surface area (Å²) in [5, 5.41) is 24.5. The Balaban J connectivity index is 1.59. The molecule has 10 heteroatoms. The van der Waals surface area contributed by atoms with Crippen LogP contribution < -0.4 is 0 Å². The highest BCUT2D eigenvalue weighted by molar-refractivity contribution is 5.84. The zero-order chi connectivity index (χ0) is 27.7. The zero-order valence-electron chi connectivity index (χ0n) is 22.3. The van der Waals surface area contributed by atoms with Crippen molar-refractivity contribution in [3.63, 3.8) is 0 Å². The number of carbonyl (C=O) groups excluding carboxylic acids is 3. The maximum Gasteiger partial charge on any atom is 0.339 e. The molecule has 1 aromatic heterocycles. The fraction of sp³-hybridized carbons (Fsp3) is 0.679. The molecule has 0 bridgehead atoms. The summed E-state index contributed by atoms with van der Waals surface area (Å²) in [4.78, 5) is 38.1. The van der Waals surface area contributed by atoms with Gasteiger partial charge in [-0.3, -0.25) is 4.79 Å². The molecule has 1 aromatic rings. The van der Waals surface area contributed by atoms with Gasteiger partial charge >= 0.3 is 17.9 Å². The highest BCUT2D eigenvalue weighted by Gasteiger charge is 2.91. The maximum atomic E-state index is 13.3. The van der Waals surface area contributed by atoms with E-state index in [1.807, 2.05) is 13.8 Å². The molecular weight excluding hydrogens is 496 g/mol. The summed E-state index contributed by atoms with van der Waals surface area (Å²) in [6, 6.07) is 1.71. The largest absolute Gasteiger partial charge is 0.472 e.